The number of alkyl halides is 3. The molecule has 1 heterocycles. The lowest BCUT2D eigenvalue weighted by Gasteiger charge is -2.38. The number of carbonyl (C=O) groups excluding carboxylic acids is 1. The van der Waals surface area contributed by atoms with Crippen LogP contribution >= 0.6 is 0 Å². The molecule has 1 aliphatic heterocycles. The smallest absolute Gasteiger partial charge is 0.362 e. The fourth-order valence-electron chi connectivity index (χ4n) is 3.13. The largest absolute Gasteiger partial charge is 0.439 e. The summed E-state index contributed by atoms with van der Waals surface area (Å²) in [4.78, 5) is 12.4. The third kappa shape index (κ3) is 2.41. The molecule has 1 fully saturated rings. The van der Waals surface area contributed by atoms with Crippen molar-refractivity contribution in [3.05, 3.63) is 35.6 Å². The number of rotatable bonds is 1. The average Bonchev–Trinajstić information content (AvgIpc) is 2.82. The molecule has 1 aromatic carbocycles. The van der Waals surface area contributed by atoms with Gasteiger partial charge in [-0.05, 0) is 43.5 Å². The maximum Gasteiger partial charge on any atom is 0.439 e. The van der Waals surface area contributed by atoms with Crippen molar-refractivity contribution >= 4 is 11.6 Å². The van der Waals surface area contributed by atoms with Crippen LogP contribution in [-0.4, -0.2) is 33.6 Å². The first-order valence-corrected chi connectivity index (χ1v) is 7.21. The fourth-order valence-corrected chi connectivity index (χ4v) is 3.13. The van der Waals surface area contributed by atoms with E-state index in [-0.39, 0.29) is 22.7 Å². The van der Waals surface area contributed by atoms with E-state index in [9.17, 15) is 27.5 Å². The van der Waals surface area contributed by atoms with Gasteiger partial charge in [0.15, 0.2) is 0 Å². The molecule has 124 valence electrons. The Kier molecular flexibility index (Phi) is 3.66. The minimum Gasteiger partial charge on any atom is -0.362 e. The first-order valence-electron chi connectivity index (χ1n) is 7.21. The molecule has 1 amide bonds. The maximum atomic E-state index is 13.5. The molecule has 0 saturated heterocycles. The van der Waals surface area contributed by atoms with E-state index in [0.29, 0.717) is 19.3 Å². The molecule has 2 aliphatic rings. The van der Waals surface area contributed by atoms with Crippen molar-refractivity contribution in [2.75, 3.05) is 0 Å². The van der Waals surface area contributed by atoms with Crippen LogP contribution in [0, 0.1) is 11.7 Å². The summed E-state index contributed by atoms with van der Waals surface area (Å²) < 4.78 is 53.5. The molecule has 8 heteroatoms. The van der Waals surface area contributed by atoms with E-state index < -0.39 is 29.5 Å². The summed E-state index contributed by atoms with van der Waals surface area (Å²) in [6.07, 6.45) is -3.42. The molecule has 1 saturated carbocycles. The fraction of sp³-hybridized carbons (Fsp3) is 0.467. The molecule has 1 N–H and O–H groups in total. The van der Waals surface area contributed by atoms with Crippen LogP contribution in [0.2, 0.25) is 0 Å². The van der Waals surface area contributed by atoms with Gasteiger partial charge in [-0.2, -0.15) is 23.3 Å². The number of aliphatic hydroxyl groups is 1. The molecular formula is C15H14F4N2O2. The highest BCUT2D eigenvalue weighted by Gasteiger charge is 2.68. The second kappa shape index (κ2) is 5.30. The van der Waals surface area contributed by atoms with E-state index in [0.717, 1.165) is 24.3 Å². The predicted molar refractivity (Wildman–Crippen MR) is 73.0 cm³/mol. The summed E-state index contributed by atoms with van der Waals surface area (Å²) in [5, 5.41) is 14.2. The van der Waals surface area contributed by atoms with E-state index in [1.165, 1.54) is 0 Å². The summed E-state index contributed by atoms with van der Waals surface area (Å²) >= 11 is 0. The van der Waals surface area contributed by atoms with Crippen molar-refractivity contribution in [1.29, 1.82) is 0 Å². The number of amides is 1. The zero-order chi connectivity index (χ0) is 16.8. The minimum absolute atomic E-state index is 0.113. The summed E-state index contributed by atoms with van der Waals surface area (Å²) in [6.45, 7) is 0. The monoisotopic (exact) mass is 330 g/mol. The van der Waals surface area contributed by atoms with Crippen LogP contribution in [0.1, 0.15) is 36.0 Å². The Balaban J connectivity index is 2.03. The van der Waals surface area contributed by atoms with Gasteiger partial charge in [-0.25, -0.2) is 4.39 Å². The Morgan fingerprint density at radius 1 is 1.26 bits per heavy atom. The number of fused-ring (bicyclic) bond motifs is 1. The van der Waals surface area contributed by atoms with Crippen molar-refractivity contribution in [3.8, 4) is 0 Å². The van der Waals surface area contributed by atoms with Gasteiger partial charge in [0, 0.05) is 11.3 Å². The Bertz CT molecular complexity index is 656. The highest BCUT2D eigenvalue weighted by Crippen LogP contribution is 2.48. The van der Waals surface area contributed by atoms with Crippen molar-refractivity contribution < 1.29 is 27.5 Å². The standard InChI is InChI=1S/C15H14F4N2O2/c16-10-7-5-9(6-8-10)13(22)21-14(23,15(17,18)19)11-3-1-2-4-12(11)20-21/h5-8,11,23H,1-4H2/t11-,14+/m0/s1. The van der Waals surface area contributed by atoms with Crippen LogP contribution in [0.15, 0.2) is 29.4 Å². The topological polar surface area (TPSA) is 52.9 Å². The third-order valence-electron chi connectivity index (χ3n) is 4.32. The number of benzene rings is 1. The lowest BCUT2D eigenvalue weighted by molar-refractivity contribution is -0.312. The number of hydrogen-bond acceptors (Lipinski definition) is 3. The second-order valence-corrected chi connectivity index (χ2v) is 5.74. The van der Waals surface area contributed by atoms with Crippen molar-refractivity contribution in [3.63, 3.8) is 0 Å². The average molecular weight is 330 g/mol. The molecule has 0 spiro atoms. The van der Waals surface area contributed by atoms with Crippen LogP contribution < -0.4 is 0 Å². The van der Waals surface area contributed by atoms with Crippen LogP contribution in [0.25, 0.3) is 0 Å². The van der Waals surface area contributed by atoms with Gasteiger partial charge < -0.3 is 5.11 Å². The maximum absolute atomic E-state index is 13.5. The molecule has 4 nitrogen and oxygen atoms in total. The van der Waals surface area contributed by atoms with Crippen molar-refractivity contribution in [2.45, 2.75) is 37.6 Å². The second-order valence-electron chi connectivity index (χ2n) is 5.74. The van der Waals surface area contributed by atoms with Crippen LogP contribution in [0.4, 0.5) is 17.6 Å². The summed E-state index contributed by atoms with van der Waals surface area (Å²) in [6, 6.07) is 4.07. The number of nitrogens with zero attached hydrogens (tertiary/aromatic N) is 2. The van der Waals surface area contributed by atoms with E-state index in [2.05, 4.69) is 5.10 Å². The first kappa shape index (κ1) is 15.9. The minimum atomic E-state index is -5.05. The summed E-state index contributed by atoms with van der Waals surface area (Å²) in [5.74, 6) is -2.97. The summed E-state index contributed by atoms with van der Waals surface area (Å²) in [7, 11) is 0. The van der Waals surface area contributed by atoms with Gasteiger partial charge in [0.25, 0.3) is 11.6 Å². The Morgan fingerprint density at radius 2 is 1.91 bits per heavy atom. The number of hydrogen-bond donors (Lipinski definition) is 1. The van der Waals surface area contributed by atoms with Crippen LogP contribution in [0.3, 0.4) is 0 Å². The van der Waals surface area contributed by atoms with Gasteiger partial charge >= 0.3 is 6.18 Å². The van der Waals surface area contributed by atoms with E-state index in [4.69, 9.17) is 0 Å². The van der Waals surface area contributed by atoms with Gasteiger partial charge in [-0.3, -0.25) is 4.79 Å². The first-order chi connectivity index (χ1) is 10.7. The number of halogens is 4. The van der Waals surface area contributed by atoms with Gasteiger partial charge in [0.2, 0.25) is 0 Å². The SMILES string of the molecule is O=C(c1ccc(F)cc1)N1N=C2CCCC[C@@H]2[C@@]1(O)C(F)(F)F. The van der Waals surface area contributed by atoms with E-state index in [1.54, 1.807) is 0 Å². The van der Waals surface area contributed by atoms with Crippen molar-refractivity contribution in [1.82, 2.24) is 5.01 Å². The molecule has 2 atom stereocenters. The zero-order valence-corrected chi connectivity index (χ0v) is 12.0. The quantitative estimate of drug-likeness (QED) is 0.805. The Hall–Kier alpha value is -1.96. The van der Waals surface area contributed by atoms with Crippen LogP contribution in [-0.2, 0) is 0 Å². The molecule has 0 bridgehead atoms. The molecule has 3 rings (SSSR count). The number of carbonyl (C=O) groups is 1. The molecule has 1 aromatic rings. The van der Waals surface area contributed by atoms with Crippen LogP contribution in [0.5, 0.6) is 0 Å². The molecule has 0 unspecified atom stereocenters. The molecule has 23 heavy (non-hydrogen) atoms. The third-order valence-corrected chi connectivity index (χ3v) is 4.32. The highest BCUT2D eigenvalue weighted by atomic mass is 19.4. The lowest BCUT2D eigenvalue weighted by atomic mass is 9.80. The van der Waals surface area contributed by atoms with E-state index >= 15 is 0 Å². The van der Waals surface area contributed by atoms with Gasteiger partial charge in [-0.15, -0.1) is 0 Å². The van der Waals surface area contributed by atoms with Crippen molar-refractivity contribution in [2.24, 2.45) is 11.0 Å². The van der Waals surface area contributed by atoms with Gasteiger partial charge in [0.05, 0.1) is 5.92 Å². The van der Waals surface area contributed by atoms with E-state index in [1.807, 2.05) is 0 Å². The molecule has 0 aromatic heterocycles. The molecule has 0 radical (unpaired) electrons. The van der Waals surface area contributed by atoms with Gasteiger partial charge in [-0.1, -0.05) is 6.42 Å². The van der Waals surface area contributed by atoms with Gasteiger partial charge in [0.1, 0.15) is 5.82 Å². The molecular weight excluding hydrogens is 316 g/mol. The highest BCUT2D eigenvalue weighted by molar-refractivity contribution is 5.99. The summed E-state index contributed by atoms with van der Waals surface area (Å²) in [5.41, 5.74) is -3.34. The zero-order valence-electron chi connectivity index (χ0n) is 12.0. The Morgan fingerprint density at radius 3 is 2.52 bits per heavy atom. The normalized spacial score (nSPS) is 27.6. The lowest BCUT2D eigenvalue weighted by Crippen LogP contribution is -2.61. The Labute approximate surface area is 129 Å². The number of hydrazone groups is 1. The molecule has 1 aliphatic carbocycles. The predicted octanol–water partition coefficient (Wildman–Crippen LogP) is 3.08.